The standard InChI is InChI=1S/C14H29N3O/c1-16(8-9-17-6-2-3-7-17)14(12-15)13-4-10-18-11-5-13/h13-14H,2-12,15H2,1H3. The number of likely N-dealkylation sites (N-methyl/N-ethyl adjacent to an activating group) is 1. The summed E-state index contributed by atoms with van der Waals surface area (Å²) in [5, 5.41) is 0. The third-order valence-electron chi connectivity index (χ3n) is 4.59. The van der Waals surface area contributed by atoms with Crippen molar-refractivity contribution in [2.75, 3.05) is 53.0 Å². The number of hydrogen-bond acceptors (Lipinski definition) is 4. The van der Waals surface area contributed by atoms with Gasteiger partial charge < -0.3 is 20.3 Å². The Hall–Kier alpha value is -0.160. The molecule has 0 aromatic carbocycles. The van der Waals surface area contributed by atoms with Crippen LogP contribution in [0.15, 0.2) is 0 Å². The number of hydrogen-bond donors (Lipinski definition) is 1. The molecule has 2 N–H and O–H groups in total. The summed E-state index contributed by atoms with van der Waals surface area (Å²) in [6.07, 6.45) is 5.11. The van der Waals surface area contributed by atoms with Gasteiger partial charge in [0.25, 0.3) is 0 Å². The van der Waals surface area contributed by atoms with Crippen LogP contribution in [0.5, 0.6) is 0 Å². The van der Waals surface area contributed by atoms with Crippen molar-refractivity contribution < 1.29 is 4.74 Å². The van der Waals surface area contributed by atoms with Crippen molar-refractivity contribution in [3.8, 4) is 0 Å². The smallest absolute Gasteiger partial charge is 0.0469 e. The molecule has 18 heavy (non-hydrogen) atoms. The zero-order valence-electron chi connectivity index (χ0n) is 11.8. The fourth-order valence-electron chi connectivity index (χ4n) is 3.30. The van der Waals surface area contributed by atoms with Crippen LogP contribution in [0.4, 0.5) is 0 Å². The molecule has 2 aliphatic rings. The molecule has 0 spiro atoms. The number of nitrogens with zero attached hydrogens (tertiary/aromatic N) is 2. The van der Waals surface area contributed by atoms with Gasteiger partial charge >= 0.3 is 0 Å². The van der Waals surface area contributed by atoms with Crippen molar-refractivity contribution in [1.29, 1.82) is 0 Å². The Balaban J connectivity index is 1.74. The van der Waals surface area contributed by atoms with Crippen LogP contribution in [-0.4, -0.2) is 68.8 Å². The molecule has 0 radical (unpaired) electrons. The summed E-state index contributed by atoms with van der Waals surface area (Å²) in [6, 6.07) is 0.538. The first-order valence-electron chi connectivity index (χ1n) is 7.51. The molecule has 0 aromatic heterocycles. The summed E-state index contributed by atoms with van der Waals surface area (Å²) in [4.78, 5) is 5.06. The number of likely N-dealkylation sites (tertiary alicyclic amines) is 1. The lowest BCUT2D eigenvalue weighted by Crippen LogP contribution is -2.47. The molecule has 0 aliphatic carbocycles. The highest BCUT2D eigenvalue weighted by Crippen LogP contribution is 2.21. The van der Waals surface area contributed by atoms with Crippen LogP contribution in [0.25, 0.3) is 0 Å². The minimum absolute atomic E-state index is 0.538. The van der Waals surface area contributed by atoms with Crippen molar-refractivity contribution in [1.82, 2.24) is 9.80 Å². The van der Waals surface area contributed by atoms with E-state index in [2.05, 4.69) is 16.8 Å². The Morgan fingerprint density at radius 2 is 1.94 bits per heavy atom. The molecule has 2 saturated heterocycles. The summed E-state index contributed by atoms with van der Waals surface area (Å²) in [7, 11) is 2.24. The minimum atomic E-state index is 0.538. The second-order valence-electron chi connectivity index (χ2n) is 5.78. The first-order chi connectivity index (χ1) is 8.81. The lowest BCUT2D eigenvalue weighted by molar-refractivity contribution is 0.0323. The van der Waals surface area contributed by atoms with Gasteiger partial charge in [0.05, 0.1) is 0 Å². The molecule has 2 aliphatic heterocycles. The van der Waals surface area contributed by atoms with E-state index in [1.165, 1.54) is 45.3 Å². The van der Waals surface area contributed by atoms with Gasteiger partial charge in [0, 0.05) is 38.9 Å². The largest absolute Gasteiger partial charge is 0.381 e. The molecule has 0 bridgehead atoms. The first kappa shape index (κ1) is 14.3. The summed E-state index contributed by atoms with van der Waals surface area (Å²) < 4.78 is 5.45. The van der Waals surface area contributed by atoms with Crippen molar-refractivity contribution in [3.05, 3.63) is 0 Å². The van der Waals surface area contributed by atoms with Crippen LogP contribution in [0, 0.1) is 5.92 Å². The summed E-state index contributed by atoms with van der Waals surface area (Å²) in [5.41, 5.74) is 5.99. The van der Waals surface area contributed by atoms with Crippen LogP contribution in [0.3, 0.4) is 0 Å². The summed E-state index contributed by atoms with van der Waals surface area (Å²) in [6.45, 7) is 7.55. The van der Waals surface area contributed by atoms with Gasteiger partial charge in [-0.2, -0.15) is 0 Å². The normalized spacial score (nSPS) is 24.8. The van der Waals surface area contributed by atoms with E-state index in [1.54, 1.807) is 0 Å². The summed E-state index contributed by atoms with van der Waals surface area (Å²) >= 11 is 0. The van der Waals surface area contributed by atoms with Crippen LogP contribution in [-0.2, 0) is 4.74 Å². The molecule has 106 valence electrons. The lowest BCUT2D eigenvalue weighted by Gasteiger charge is -2.36. The predicted molar refractivity (Wildman–Crippen MR) is 74.7 cm³/mol. The van der Waals surface area contributed by atoms with E-state index in [9.17, 15) is 0 Å². The predicted octanol–water partition coefficient (Wildman–Crippen LogP) is 0.768. The average Bonchev–Trinajstić information content (AvgIpc) is 2.92. The van der Waals surface area contributed by atoms with E-state index >= 15 is 0 Å². The third-order valence-corrected chi connectivity index (χ3v) is 4.59. The van der Waals surface area contributed by atoms with Crippen LogP contribution >= 0.6 is 0 Å². The fourth-order valence-corrected chi connectivity index (χ4v) is 3.30. The lowest BCUT2D eigenvalue weighted by atomic mass is 9.91. The Morgan fingerprint density at radius 1 is 1.28 bits per heavy atom. The van der Waals surface area contributed by atoms with E-state index in [0.29, 0.717) is 6.04 Å². The van der Waals surface area contributed by atoms with Crippen LogP contribution < -0.4 is 5.73 Å². The first-order valence-corrected chi connectivity index (χ1v) is 7.51. The molecule has 4 heteroatoms. The maximum atomic E-state index is 5.99. The van der Waals surface area contributed by atoms with Crippen molar-refractivity contribution in [2.24, 2.45) is 11.7 Å². The maximum absolute atomic E-state index is 5.99. The van der Waals surface area contributed by atoms with Gasteiger partial charge in [0.15, 0.2) is 0 Å². The third kappa shape index (κ3) is 3.92. The number of ether oxygens (including phenoxy) is 1. The molecular weight excluding hydrogens is 226 g/mol. The van der Waals surface area contributed by atoms with Gasteiger partial charge in [0.1, 0.15) is 0 Å². The second-order valence-corrected chi connectivity index (χ2v) is 5.78. The fraction of sp³-hybridized carbons (Fsp3) is 1.00. The maximum Gasteiger partial charge on any atom is 0.0469 e. The van der Waals surface area contributed by atoms with E-state index in [0.717, 1.165) is 32.2 Å². The van der Waals surface area contributed by atoms with E-state index < -0.39 is 0 Å². The van der Waals surface area contributed by atoms with Crippen molar-refractivity contribution in [2.45, 2.75) is 31.7 Å². The van der Waals surface area contributed by atoms with Gasteiger partial charge in [-0.3, -0.25) is 0 Å². The highest BCUT2D eigenvalue weighted by atomic mass is 16.5. The molecular formula is C14H29N3O. The highest BCUT2D eigenvalue weighted by molar-refractivity contribution is 4.81. The average molecular weight is 255 g/mol. The highest BCUT2D eigenvalue weighted by Gasteiger charge is 2.26. The molecule has 2 fully saturated rings. The zero-order chi connectivity index (χ0) is 12.8. The topological polar surface area (TPSA) is 41.7 Å². The molecule has 4 nitrogen and oxygen atoms in total. The van der Waals surface area contributed by atoms with Gasteiger partial charge in [-0.25, -0.2) is 0 Å². The SMILES string of the molecule is CN(CCN1CCCC1)C(CN)C1CCOCC1. The Morgan fingerprint density at radius 3 is 2.56 bits per heavy atom. The molecule has 0 amide bonds. The zero-order valence-corrected chi connectivity index (χ0v) is 11.8. The quantitative estimate of drug-likeness (QED) is 0.761. The van der Waals surface area contributed by atoms with Gasteiger partial charge in [-0.15, -0.1) is 0 Å². The minimum Gasteiger partial charge on any atom is -0.381 e. The van der Waals surface area contributed by atoms with E-state index in [-0.39, 0.29) is 0 Å². The number of nitrogens with two attached hydrogens (primary N) is 1. The van der Waals surface area contributed by atoms with E-state index in [4.69, 9.17) is 10.5 Å². The monoisotopic (exact) mass is 255 g/mol. The Labute approximate surface area is 111 Å². The Kier molecular flexibility index (Phi) is 5.89. The number of rotatable bonds is 6. The summed E-state index contributed by atoms with van der Waals surface area (Å²) in [5.74, 6) is 0.729. The van der Waals surface area contributed by atoms with E-state index in [1.807, 2.05) is 0 Å². The van der Waals surface area contributed by atoms with Gasteiger partial charge in [-0.1, -0.05) is 0 Å². The Bertz CT molecular complexity index is 225. The molecule has 0 saturated carbocycles. The molecule has 0 aromatic rings. The second kappa shape index (κ2) is 7.43. The molecule has 1 atom stereocenters. The molecule has 1 unspecified atom stereocenters. The van der Waals surface area contributed by atoms with Gasteiger partial charge in [-0.05, 0) is 51.7 Å². The van der Waals surface area contributed by atoms with Crippen LogP contribution in [0.1, 0.15) is 25.7 Å². The van der Waals surface area contributed by atoms with Crippen LogP contribution in [0.2, 0.25) is 0 Å². The van der Waals surface area contributed by atoms with Crippen molar-refractivity contribution in [3.63, 3.8) is 0 Å². The molecule has 2 heterocycles. The van der Waals surface area contributed by atoms with Crippen molar-refractivity contribution >= 4 is 0 Å². The molecule has 2 rings (SSSR count). The van der Waals surface area contributed by atoms with Gasteiger partial charge in [0.2, 0.25) is 0 Å².